The zero-order valence-corrected chi connectivity index (χ0v) is 14.1. The summed E-state index contributed by atoms with van der Waals surface area (Å²) in [5, 5.41) is 4.93. The number of hydrogen-bond acceptors (Lipinski definition) is 5. The van der Waals surface area contributed by atoms with Crippen LogP contribution >= 0.6 is 11.8 Å². The van der Waals surface area contributed by atoms with E-state index in [2.05, 4.69) is 0 Å². The van der Waals surface area contributed by atoms with E-state index in [4.69, 9.17) is 9.56 Å². The third-order valence-electron chi connectivity index (χ3n) is 3.58. The Morgan fingerprint density at radius 3 is 2.52 bits per heavy atom. The molecule has 3 rings (SSSR count). The van der Waals surface area contributed by atoms with Gasteiger partial charge in [0.25, 0.3) is 0 Å². The molecule has 0 saturated carbocycles. The van der Waals surface area contributed by atoms with Crippen molar-refractivity contribution in [2.75, 3.05) is 5.75 Å². The minimum absolute atomic E-state index is 0.0320. The van der Waals surface area contributed by atoms with E-state index < -0.39 is 10.0 Å². The molecule has 1 fully saturated rings. The van der Waals surface area contributed by atoms with Crippen LogP contribution in [0.1, 0.15) is 22.5 Å². The van der Waals surface area contributed by atoms with Gasteiger partial charge in [0.1, 0.15) is 16.9 Å². The Hall–Kier alpha value is -1.77. The molecule has 1 unspecified atom stereocenters. The molecule has 122 valence electrons. The number of benzene rings is 1. The van der Waals surface area contributed by atoms with Crippen molar-refractivity contribution in [1.82, 2.24) is 4.90 Å². The van der Waals surface area contributed by atoms with Crippen LogP contribution in [0.15, 0.2) is 45.7 Å². The topological polar surface area (TPSA) is 93.6 Å². The molecule has 0 bridgehead atoms. The third-order valence-corrected chi connectivity index (χ3v) is 5.72. The minimum atomic E-state index is -3.71. The van der Waals surface area contributed by atoms with Gasteiger partial charge in [0.15, 0.2) is 0 Å². The highest BCUT2D eigenvalue weighted by Crippen LogP contribution is 2.40. The molecule has 2 N–H and O–H groups in total. The molecule has 8 heteroatoms. The predicted octanol–water partition coefficient (Wildman–Crippen LogP) is 2.01. The number of carbonyl (C=O) groups is 1. The molecule has 0 spiro atoms. The van der Waals surface area contributed by atoms with Crippen molar-refractivity contribution in [3.63, 3.8) is 0 Å². The molecule has 1 atom stereocenters. The normalized spacial score (nSPS) is 18.6. The van der Waals surface area contributed by atoms with Crippen LogP contribution in [0.5, 0.6) is 0 Å². The Bertz CT molecular complexity index is 827. The first-order chi connectivity index (χ1) is 10.8. The van der Waals surface area contributed by atoms with Gasteiger partial charge in [-0.1, -0.05) is 12.1 Å². The molecule has 2 aromatic rings. The Morgan fingerprint density at radius 2 is 1.96 bits per heavy atom. The predicted molar refractivity (Wildman–Crippen MR) is 87.0 cm³/mol. The second-order valence-corrected chi connectivity index (χ2v) is 7.95. The van der Waals surface area contributed by atoms with Crippen LogP contribution in [0.2, 0.25) is 0 Å². The summed E-state index contributed by atoms with van der Waals surface area (Å²) in [5.41, 5.74) is 0.835. The van der Waals surface area contributed by atoms with Gasteiger partial charge in [0.05, 0.1) is 10.6 Å². The van der Waals surface area contributed by atoms with E-state index in [-0.39, 0.29) is 16.2 Å². The fourth-order valence-electron chi connectivity index (χ4n) is 2.43. The molecule has 0 aliphatic carbocycles. The molecule has 23 heavy (non-hydrogen) atoms. The van der Waals surface area contributed by atoms with Crippen molar-refractivity contribution < 1.29 is 17.6 Å². The smallest absolute Gasteiger partial charge is 0.238 e. The summed E-state index contributed by atoms with van der Waals surface area (Å²) in [4.78, 5) is 13.9. The molecule has 6 nitrogen and oxygen atoms in total. The number of furan rings is 1. The van der Waals surface area contributed by atoms with E-state index in [9.17, 15) is 13.2 Å². The zero-order valence-electron chi connectivity index (χ0n) is 12.4. The second-order valence-electron chi connectivity index (χ2n) is 5.32. The standard InChI is InChI=1S/C15H16N2O4S2/c1-10-2-7-13(21-10)15-17(14(18)9-22-15)8-11-3-5-12(6-4-11)23(16,19)20/h2-7,15H,8-9H2,1H3,(H2,16,19,20). The summed E-state index contributed by atoms with van der Waals surface area (Å²) in [6, 6.07) is 9.98. The lowest BCUT2D eigenvalue weighted by Crippen LogP contribution is -2.27. The minimum Gasteiger partial charge on any atom is -0.463 e. The highest BCUT2D eigenvalue weighted by Gasteiger charge is 2.34. The van der Waals surface area contributed by atoms with Gasteiger partial charge in [0.2, 0.25) is 15.9 Å². The number of aryl methyl sites for hydroxylation is 1. The van der Waals surface area contributed by atoms with Crippen molar-refractivity contribution in [3.8, 4) is 0 Å². The number of carbonyl (C=O) groups excluding carboxylic acids is 1. The summed E-state index contributed by atoms with van der Waals surface area (Å²) < 4.78 is 28.2. The van der Waals surface area contributed by atoms with Crippen LogP contribution in [-0.4, -0.2) is 25.0 Å². The van der Waals surface area contributed by atoms with E-state index in [1.54, 1.807) is 17.0 Å². The number of rotatable bonds is 4. The molecular formula is C15H16N2O4S2. The van der Waals surface area contributed by atoms with Gasteiger partial charge < -0.3 is 9.32 Å². The largest absolute Gasteiger partial charge is 0.463 e. The van der Waals surface area contributed by atoms with E-state index in [0.29, 0.717) is 12.3 Å². The van der Waals surface area contributed by atoms with Gasteiger partial charge in [-0.05, 0) is 36.8 Å². The number of nitrogens with zero attached hydrogens (tertiary/aromatic N) is 1. The first-order valence-corrected chi connectivity index (χ1v) is 9.53. The second kappa shape index (κ2) is 6.03. The average molecular weight is 352 g/mol. The summed E-state index contributed by atoms with van der Waals surface area (Å²) in [5.74, 6) is 1.99. The Labute approximate surface area is 138 Å². The van der Waals surface area contributed by atoms with Gasteiger partial charge >= 0.3 is 0 Å². The first-order valence-electron chi connectivity index (χ1n) is 6.94. The Kier molecular flexibility index (Phi) is 4.22. The highest BCUT2D eigenvalue weighted by molar-refractivity contribution is 8.00. The molecule has 1 aliphatic heterocycles. The number of amides is 1. The number of primary sulfonamides is 1. The van der Waals surface area contributed by atoms with E-state index in [0.717, 1.165) is 17.1 Å². The summed E-state index contributed by atoms with van der Waals surface area (Å²) in [6.45, 7) is 2.25. The zero-order chi connectivity index (χ0) is 16.6. The summed E-state index contributed by atoms with van der Waals surface area (Å²) in [6.07, 6.45) is 0. The monoisotopic (exact) mass is 352 g/mol. The molecule has 1 aromatic heterocycles. The van der Waals surface area contributed by atoms with E-state index >= 15 is 0 Å². The lowest BCUT2D eigenvalue weighted by molar-refractivity contribution is -0.128. The number of thioether (sulfide) groups is 1. The quantitative estimate of drug-likeness (QED) is 0.908. The van der Waals surface area contributed by atoms with Crippen LogP contribution < -0.4 is 5.14 Å². The Morgan fingerprint density at radius 1 is 1.26 bits per heavy atom. The van der Waals surface area contributed by atoms with Gasteiger partial charge in [-0.25, -0.2) is 13.6 Å². The number of sulfonamides is 1. The molecular weight excluding hydrogens is 336 g/mol. The van der Waals surface area contributed by atoms with Crippen molar-refractivity contribution >= 4 is 27.7 Å². The number of nitrogens with two attached hydrogens (primary N) is 1. The molecule has 1 aliphatic rings. The van der Waals surface area contributed by atoms with Crippen LogP contribution in [0.3, 0.4) is 0 Å². The molecule has 1 saturated heterocycles. The third kappa shape index (κ3) is 3.44. The molecule has 2 heterocycles. The molecule has 1 amide bonds. The lowest BCUT2D eigenvalue weighted by Gasteiger charge is -2.22. The summed E-state index contributed by atoms with van der Waals surface area (Å²) in [7, 11) is -3.71. The van der Waals surface area contributed by atoms with Crippen LogP contribution in [0.4, 0.5) is 0 Å². The van der Waals surface area contributed by atoms with Crippen molar-refractivity contribution in [2.45, 2.75) is 23.7 Å². The van der Waals surface area contributed by atoms with Crippen molar-refractivity contribution in [2.24, 2.45) is 5.14 Å². The SMILES string of the molecule is Cc1ccc(C2SCC(=O)N2Cc2ccc(S(N)(=O)=O)cc2)o1. The maximum Gasteiger partial charge on any atom is 0.238 e. The van der Waals surface area contributed by atoms with Gasteiger partial charge in [0, 0.05) is 6.54 Å². The van der Waals surface area contributed by atoms with Gasteiger partial charge in [-0.3, -0.25) is 4.79 Å². The molecule has 1 aromatic carbocycles. The van der Waals surface area contributed by atoms with Crippen molar-refractivity contribution in [1.29, 1.82) is 0 Å². The maximum absolute atomic E-state index is 12.1. The van der Waals surface area contributed by atoms with Crippen LogP contribution in [-0.2, 0) is 21.4 Å². The number of hydrogen-bond donors (Lipinski definition) is 1. The fraction of sp³-hybridized carbons (Fsp3) is 0.267. The highest BCUT2D eigenvalue weighted by atomic mass is 32.2. The fourth-order valence-corrected chi connectivity index (χ4v) is 4.07. The average Bonchev–Trinajstić information content (AvgIpc) is 3.06. The van der Waals surface area contributed by atoms with E-state index in [1.165, 1.54) is 23.9 Å². The lowest BCUT2D eigenvalue weighted by atomic mass is 10.2. The van der Waals surface area contributed by atoms with Crippen molar-refractivity contribution in [3.05, 3.63) is 53.5 Å². The van der Waals surface area contributed by atoms with E-state index in [1.807, 2.05) is 19.1 Å². The maximum atomic E-state index is 12.1. The summed E-state index contributed by atoms with van der Waals surface area (Å²) >= 11 is 1.52. The Balaban J connectivity index is 1.81. The van der Waals surface area contributed by atoms with Crippen LogP contribution in [0.25, 0.3) is 0 Å². The van der Waals surface area contributed by atoms with Gasteiger partial charge in [-0.15, -0.1) is 11.8 Å². The van der Waals surface area contributed by atoms with Crippen LogP contribution in [0, 0.1) is 6.92 Å². The van der Waals surface area contributed by atoms with Gasteiger partial charge in [-0.2, -0.15) is 0 Å². The first kappa shape index (κ1) is 16.1. The molecule has 0 radical (unpaired) electrons.